The standard InChI is InChI=1S/C17H16N2O2S/c1-18-13-6-3-2-5-12(13)17(16(18)21)8-9-19(11-17)15(20)14-7-4-10-22-14/h2-7,10H,8-9,11H2,1H3. The van der Waals surface area contributed by atoms with Crippen molar-refractivity contribution in [1.29, 1.82) is 0 Å². The van der Waals surface area contributed by atoms with Crippen molar-refractivity contribution in [3.63, 3.8) is 0 Å². The number of nitrogens with zero attached hydrogens (tertiary/aromatic N) is 2. The van der Waals surface area contributed by atoms with E-state index in [1.807, 2.05) is 53.7 Å². The smallest absolute Gasteiger partial charge is 0.263 e. The number of rotatable bonds is 1. The Hall–Kier alpha value is -2.14. The number of thiophene rings is 1. The Morgan fingerprint density at radius 2 is 2.05 bits per heavy atom. The van der Waals surface area contributed by atoms with Gasteiger partial charge < -0.3 is 9.80 Å². The summed E-state index contributed by atoms with van der Waals surface area (Å²) in [6.07, 6.45) is 0.699. The van der Waals surface area contributed by atoms with Gasteiger partial charge in [0.2, 0.25) is 5.91 Å². The minimum atomic E-state index is -0.557. The number of benzene rings is 1. The highest BCUT2D eigenvalue weighted by Crippen LogP contribution is 2.46. The van der Waals surface area contributed by atoms with Crippen LogP contribution < -0.4 is 4.90 Å². The maximum atomic E-state index is 12.8. The number of anilines is 1. The topological polar surface area (TPSA) is 40.6 Å². The highest BCUT2D eigenvalue weighted by molar-refractivity contribution is 7.12. The summed E-state index contributed by atoms with van der Waals surface area (Å²) in [5.74, 6) is 0.141. The van der Waals surface area contributed by atoms with Crippen LogP contribution >= 0.6 is 11.3 Å². The fraction of sp³-hybridized carbons (Fsp3) is 0.294. The number of fused-ring (bicyclic) bond motifs is 2. The average Bonchev–Trinajstić information content (AvgIpc) is 3.26. The van der Waals surface area contributed by atoms with Gasteiger partial charge in [0.15, 0.2) is 0 Å². The van der Waals surface area contributed by atoms with Gasteiger partial charge in [-0.2, -0.15) is 0 Å². The molecule has 22 heavy (non-hydrogen) atoms. The number of likely N-dealkylation sites (tertiary alicyclic amines) is 1. The summed E-state index contributed by atoms with van der Waals surface area (Å²) in [6, 6.07) is 11.6. The third kappa shape index (κ3) is 1.69. The highest BCUT2D eigenvalue weighted by atomic mass is 32.1. The Bertz CT molecular complexity index is 756. The van der Waals surface area contributed by atoms with Crippen LogP contribution in [0.4, 0.5) is 5.69 Å². The van der Waals surface area contributed by atoms with E-state index < -0.39 is 5.41 Å². The molecule has 1 fully saturated rings. The monoisotopic (exact) mass is 312 g/mol. The lowest BCUT2D eigenvalue weighted by Crippen LogP contribution is -2.42. The van der Waals surface area contributed by atoms with Gasteiger partial charge in [-0.1, -0.05) is 24.3 Å². The van der Waals surface area contributed by atoms with Gasteiger partial charge in [-0.25, -0.2) is 0 Å². The van der Waals surface area contributed by atoms with Crippen LogP contribution in [0, 0.1) is 0 Å². The van der Waals surface area contributed by atoms with Gasteiger partial charge in [0, 0.05) is 25.8 Å². The van der Waals surface area contributed by atoms with Crippen LogP contribution in [0.5, 0.6) is 0 Å². The van der Waals surface area contributed by atoms with E-state index in [1.165, 1.54) is 11.3 Å². The third-order valence-corrected chi connectivity index (χ3v) is 5.64. The normalized spacial score (nSPS) is 23.4. The van der Waals surface area contributed by atoms with Crippen molar-refractivity contribution < 1.29 is 9.59 Å². The fourth-order valence-electron chi connectivity index (χ4n) is 3.65. The van der Waals surface area contributed by atoms with Crippen molar-refractivity contribution in [2.45, 2.75) is 11.8 Å². The minimum absolute atomic E-state index is 0.0340. The molecule has 1 saturated heterocycles. The molecular weight excluding hydrogens is 296 g/mol. The van der Waals surface area contributed by atoms with Gasteiger partial charge in [0.25, 0.3) is 5.91 Å². The second-order valence-electron chi connectivity index (χ2n) is 5.92. The van der Waals surface area contributed by atoms with Crippen LogP contribution in [-0.4, -0.2) is 36.9 Å². The molecule has 1 atom stereocenters. The van der Waals surface area contributed by atoms with E-state index >= 15 is 0 Å². The fourth-order valence-corrected chi connectivity index (χ4v) is 4.34. The van der Waals surface area contributed by atoms with Crippen LogP contribution in [0.2, 0.25) is 0 Å². The lowest BCUT2D eigenvalue weighted by atomic mass is 9.81. The molecule has 2 aromatic rings. The van der Waals surface area contributed by atoms with E-state index in [4.69, 9.17) is 0 Å². The van der Waals surface area contributed by atoms with Gasteiger partial charge in [0.05, 0.1) is 10.3 Å². The quantitative estimate of drug-likeness (QED) is 0.812. The lowest BCUT2D eigenvalue weighted by Gasteiger charge is -2.23. The second kappa shape index (κ2) is 4.68. The van der Waals surface area contributed by atoms with Crippen LogP contribution in [-0.2, 0) is 10.2 Å². The molecule has 0 N–H and O–H groups in total. The predicted molar refractivity (Wildman–Crippen MR) is 86.4 cm³/mol. The Kier molecular flexibility index (Phi) is 2.87. The lowest BCUT2D eigenvalue weighted by molar-refractivity contribution is -0.122. The van der Waals surface area contributed by atoms with Crippen LogP contribution in [0.3, 0.4) is 0 Å². The summed E-state index contributed by atoms with van der Waals surface area (Å²) >= 11 is 1.45. The summed E-state index contributed by atoms with van der Waals surface area (Å²) in [5.41, 5.74) is 1.47. The molecule has 112 valence electrons. The Morgan fingerprint density at radius 3 is 2.82 bits per heavy atom. The second-order valence-corrected chi connectivity index (χ2v) is 6.87. The molecular formula is C17H16N2O2S. The first kappa shape index (κ1) is 13.5. The van der Waals surface area contributed by atoms with Crippen molar-refractivity contribution in [3.8, 4) is 0 Å². The largest absolute Gasteiger partial charge is 0.336 e. The van der Waals surface area contributed by atoms with E-state index in [2.05, 4.69) is 0 Å². The maximum absolute atomic E-state index is 12.8. The molecule has 1 aromatic heterocycles. The van der Waals surface area contributed by atoms with E-state index in [-0.39, 0.29) is 11.8 Å². The SMILES string of the molecule is CN1C(=O)C2(CCN(C(=O)c3cccs3)C2)c2ccccc21. The van der Waals surface area contributed by atoms with E-state index in [1.54, 1.807) is 4.90 Å². The summed E-state index contributed by atoms with van der Waals surface area (Å²) in [5, 5.41) is 1.91. The van der Waals surface area contributed by atoms with E-state index in [0.29, 0.717) is 19.5 Å². The molecule has 1 spiro atoms. The first-order valence-corrected chi connectivity index (χ1v) is 8.22. The first-order valence-electron chi connectivity index (χ1n) is 7.34. The Labute approximate surface area is 133 Å². The van der Waals surface area contributed by atoms with Crippen molar-refractivity contribution >= 4 is 28.8 Å². The maximum Gasteiger partial charge on any atom is 0.263 e. The zero-order chi connectivity index (χ0) is 15.3. The number of carbonyl (C=O) groups excluding carboxylic acids is 2. The van der Waals surface area contributed by atoms with Gasteiger partial charge in [-0.05, 0) is 29.5 Å². The van der Waals surface area contributed by atoms with Crippen LogP contribution in [0.1, 0.15) is 21.7 Å². The first-order chi connectivity index (χ1) is 10.6. The Morgan fingerprint density at radius 1 is 1.23 bits per heavy atom. The molecule has 3 heterocycles. The van der Waals surface area contributed by atoms with Crippen molar-refractivity contribution in [2.75, 3.05) is 25.0 Å². The molecule has 0 saturated carbocycles. The molecule has 4 rings (SSSR count). The minimum Gasteiger partial charge on any atom is -0.336 e. The van der Waals surface area contributed by atoms with Gasteiger partial charge >= 0.3 is 0 Å². The van der Waals surface area contributed by atoms with E-state index in [0.717, 1.165) is 16.1 Å². The molecule has 5 heteroatoms. The molecule has 4 nitrogen and oxygen atoms in total. The summed E-state index contributed by atoms with van der Waals surface area (Å²) < 4.78 is 0. The molecule has 2 amide bonds. The molecule has 2 aliphatic rings. The average molecular weight is 312 g/mol. The molecule has 2 aliphatic heterocycles. The molecule has 0 aliphatic carbocycles. The van der Waals surface area contributed by atoms with Crippen LogP contribution in [0.15, 0.2) is 41.8 Å². The van der Waals surface area contributed by atoms with E-state index in [9.17, 15) is 9.59 Å². The number of likely N-dealkylation sites (N-methyl/N-ethyl adjacent to an activating group) is 1. The number of amides is 2. The zero-order valence-corrected chi connectivity index (χ0v) is 13.1. The van der Waals surface area contributed by atoms with Crippen LogP contribution in [0.25, 0.3) is 0 Å². The molecule has 0 bridgehead atoms. The summed E-state index contributed by atoms with van der Waals surface area (Å²) in [4.78, 5) is 29.7. The van der Waals surface area contributed by atoms with Crippen molar-refractivity contribution in [3.05, 3.63) is 52.2 Å². The van der Waals surface area contributed by atoms with Gasteiger partial charge in [-0.3, -0.25) is 9.59 Å². The van der Waals surface area contributed by atoms with Crippen molar-refractivity contribution in [2.24, 2.45) is 0 Å². The molecule has 0 radical (unpaired) electrons. The number of para-hydroxylation sites is 1. The predicted octanol–water partition coefficient (Wildman–Crippen LogP) is 2.51. The third-order valence-electron chi connectivity index (χ3n) is 4.78. The molecule has 1 unspecified atom stereocenters. The summed E-state index contributed by atoms with van der Waals surface area (Å²) in [6.45, 7) is 1.11. The number of carbonyl (C=O) groups is 2. The molecule has 1 aromatic carbocycles. The van der Waals surface area contributed by atoms with Crippen molar-refractivity contribution in [1.82, 2.24) is 4.90 Å². The zero-order valence-electron chi connectivity index (χ0n) is 12.3. The van der Waals surface area contributed by atoms with Gasteiger partial charge in [-0.15, -0.1) is 11.3 Å². The summed E-state index contributed by atoms with van der Waals surface area (Å²) in [7, 11) is 1.82. The Balaban J connectivity index is 1.70. The van der Waals surface area contributed by atoms with Gasteiger partial charge in [0.1, 0.15) is 0 Å². The highest BCUT2D eigenvalue weighted by Gasteiger charge is 2.54. The number of hydrogen-bond acceptors (Lipinski definition) is 3. The number of hydrogen-bond donors (Lipinski definition) is 0.